The zero-order valence-corrected chi connectivity index (χ0v) is 19.7. The third kappa shape index (κ3) is 6.79. The third-order valence-corrected chi connectivity index (χ3v) is 5.68. The highest BCUT2D eigenvalue weighted by molar-refractivity contribution is 14.0. The minimum atomic E-state index is 0. The second-order valence-corrected chi connectivity index (χ2v) is 8.01. The Morgan fingerprint density at radius 1 is 1.25 bits per heavy atom. The van der Waals surface area contributed by atoms with Crippen molar-refractivity contribution in [2.24, 2.45) is 10.9 Å². The number of nitrogens with zero attached hydrogens (tertiary/aromatic N) is 2. The average molecular weight is 519 g/mol. The van der Waals surface area contributed by atoms with Crippen LogP contribution >= 0.6 is 35.6 Å². The fraction of sp³-hybridized carbons (Fsp3) is 0.619. The molecule has 1 saturated carbocycles. The summed E-state index contributed by atoms with van der Waals surface area (Å²) in [5.41, 5.74) is 1.08. The topological polar surface area (TPSA) is 56.7 Å². The van der Waals surface area contributed by atoms with E-state index in [1.54, 1.807) is 0 Å². The summed E-state index contributed by atoms with van der Waals surface area (Å²) in [4.78, 5) is 19.5. The number of hydrogen-bond acceptors (Lipinski definition) is 2. The molecule has 0 spiro atoms. The molecule has 1 unspecified atom stereocenters. The van der Waals surface area contributed by atoms with E-state index >= 15 is 0 Å². The molecule has 1 aliphatic heterocycles. The smallest absolute Gasteiger partial charge is 0.225 e. The van der Waals surface area contributed by atoms with Crippen molar-refractivity contribution in [3.8, 4) is 0 Å². The lowest BCUT2D eigenvalue weighted by atomic mass is 9.88. The van der Waals surface area contributed by atoms with Crippen molar-refractivity contribution in [1.82, 2.24) is 15.5 Å². The number of likely N-dealkylation sites (tertiary alicyclic amines) is 1. The van der Waals surface area contributed by atoms with E-state index in [0.717, 1.165) is 55.4 Å². The van der Waals surface area contributed by atoms with Crippen LogP contribution in [0.4, 0.5) is 0 Å². The fourth-order valence-corrected chi connectivity index (χ4v) is 4.22. The van der Waals surface area contributed by atoms with E-state index in [4.69, 9.17) is 11.6 Å². The van der Waals surface area contributed by atoms with Gasteiger partial charge in [0.2, 0.25) is 5.91 Å². The van der Waals surface area contributed by atoms with Gasteiger partial charge in [-0.2, -0.15) is 0 Å². The van der Waals surface area contributed by atoms with Crippen molar-refractivity contribution >= 4 is 47.4 Å². The van der Waals surface area contributed by atoms with Crippen LogP contribution in [0.5, 0.6) is 0 Å². The first kappa shape index (κ1) is 23.3. The summed E-state index contributed by atoms with van der Waals surface area (Å²) < 4.78 is 0. The normalized spacial score (nSPS) is 20.6. The van der Waals surface area contributed by atoms with Crippen LogP contribution in [0.25, 0.3) is 0 Å². The van der Waals surface area contributed by atoms with Gasteiger partial charge in [0.15, 0.2) is 5.96 Å². The first-order chi connectivity index (χ1) is 13.2. The average Bonchev–Trinajstić information content (AvgIpc) is 3.15. The van der Waals surface area contributed by atoms with Crippen LogP contribution < -0.4 is 10.6 Å². The van der Waals surface area contributed by atoms with E-state index in [9.17, 15) is 4.79 Å². The molecule has 1 atom stereocenters. The first-order valence-corrected chi connectivity index (χ1v) is 10.6. The van der Waals surface area contributed by atoms with Crippen molar-refractivity contribution in [1.29, 1.82) is 0 Å². The molecule has 28 heavy (non-hydrogen) atoms. The summed E-state index contributed by atoms with van der Waals surface area (Å²) in [5, 5.41) is 7.54. The molecule has 3 rings (SSSR count). The summed E-state index contributed by atoms with van der Waals surface area (Å²) in [7, 11) is 0. The Balaban J connectivity index is 0.00000280. The van der Waals surface area contributed by atoms with Gasteiger partial charge in [0.1, 0.15) is 0 Å². The Morgan fingerprint density at radius 3 is 2.75 bits per heavy atom. The number of nitrogens with one attached hydrogen (secondary N) is 2. The fourth-order valence-electron chi connectivity index (χ4n) is 4.01. The molecule has 7 heteroatoms. The van der Waals surface area contributed by atoms with Gasteiger partial charge in [-0.25, -0.2) is 4.99 Å². The molecule has 2 N–H and O–H groups in total. The lowest BCUT2D eigenvalue weighted by molar-refractivity contribution is -0.135. The van der Waals surface area contributed by atoms with E-state index in [2.05, 4.69) is 22.5 Å². The van der Waals surface area contributed by atoms with Crippen LogP contribution in [0.2, 0.25) is 5.02 Å². The second-order valence-electron chi connectivity index (χ2n) is 7.57. The van der Waals surface area contributed by atoms with E-state index in [1.807, 2.05) is 29.2 Å². The molecule has 156 valence electrons. The van der Waals surface area contributed by atoms with Crippen LogP contribution in [0.3, 0.4) is 0 Å². The Bertz CT molecular complexity index is 664. The number of carbonyl (C=O) groups excluding carboxylic acids is 1. The van der Waals surface area contributed by atoms with E-state index in [1.165, 1.54) is 19.3 Å². The van der Waals surface area contributed by atoms with Crippen molar-refractivity contribution in [2.45, 2.75) is 58.0 Å². The summed E-state index contributed by atoms with van der Waals surface area (Å²) in [6.45, 7) is 5.06. The van der Waals surface area contributed by atoms with Crippen LogP contribution in [-0.2, 0) is 11.3 Å². The molecule has 2 fully saturated rings. The van der Waals surface area contributed by atoms with Crippen molar-refractivity contribution in [3.05, 3.63) is 34.9 Å². The van der Waals surface area contributed by atoms with Gasteiger partial charge in [-0.1, -0.05) is 43.0 Å². The molecule has 0 radical (unpaired) electrons. The predicted molar refractivity (Wildman–Crippen MR) is 126 cm³/mol. The Labute approximate surface area is 190 Å². The zero-order chi connectivity index (χ0) is 19.1. The van der Waals surface area contributed by atoms with Gasteiger partial charge >= 0.3 is 0 Å². The second kappa shape index (κ2) is 11.9. The Hall–Kier alpha value is -1.02. The number of amides is 1. The maximum Gasteiger partial charge on any atom is 0.225 e. The predicted octanol–water partition coefficient (Wildman–Crippen LogP) is 4.19. The maximum absolute atomic E-state index is 12.7. The summed E-state index contributed by atoms with van der Waals surface area (Å²) in [6, 6.07) is 8.04. The number of hydrogen-bond donors (Lipinski definition) is 2. The van der Waals surface area contributed by atoms with Gasteiger partial charge in [-0.15, -0.1) is 24.0 Å². The van der Waals surface area contributed by atoms with Crippen LogP contribution in [-0.4, -0.2) is 42.4 Å². The SMILES string of the molecule is CCNC(=NCc1cccc(Cl)c1)NC1CCN(C(=O)C2CCCCC2)C1.I. The van der Waals surface area contributed by atoms with E-state index in [-0.39, 0.29) is 35.9 Å². The number of guanidine groups is 1. The molecular weight excluding hydrogens is 487 g/mol. The molecule has 5 nitrogen and oxygen atoms in total. The molecule has 1 saturated heterocycles. The molecule has 2 aliphatic rings. The largest absolute Gasteiger partial charge is 0.357 e. The van der Waals surface area contributed by atoms with E-state index in [0.29, 0.717) is 12.5 Å². The lowest BCUT2D eigenvalue weighted by Gasteiger charge is -2.26. The summed E-state index contributed by atoms with van der Waals surface area (Å²) >= 11 is 6.05. The maximum atomic E-state index is 12.7. The zero-order valence-electron chi connectivity index (χ0n) is 16.6. The number of benzene rings is 1. The first-order valence-electron chi connectivity index (χ1n) is 10.2. The molecule has 1 aromatic carbocycles. The summed E-state index contributed by atoms with van der Waals surface area (Å²) in [6.07, 6.45) is 6.79. The highest BCUT2D eigenvalue weighted by Gasteiger charge is 2.31. The van der Waals surface area contributed by atoms with E-state index < -0.39 is 0 Å². The Kier molecular flexibility index (Phi) is 9.85. The molecule has 1 heterocycles. The number of rotatable bonds is 5. The quantitative estimate of drug-likeness (QED) is 0.349. The number of aliphatic imine (C=N–C) groups is 1. The molecule has 1 amide bonds. The number of halogens is 2. The lowest BCUT2D eigenvalue weighted by Crippen LogP contribution is -2.45. The molecule has 1 aromatic rings. The van der Waals surface area contributed by atoms with Gasteiger partial charge in [-0.3, -0.25) is 4.79 Å². The van der Waals surface area contributed by atoms with Gasteiger partial charge in [0.05, 0.1) is 6.54 Å². The Morgan fingerprint density at radius 2 is 2.04 bits per heavy atom. The van der Waals surface area contributed by atoms with Gasteiger partial charge in [-0.05, 0) is 43.9 Å². The van der Waals surface area contributed by atoms with Crippen LogP contribution in [0.1, 0.15) is 51.0 Å². The van der Waals surface area contributed by atoms with Crippen molar-refractivity contribution < 1.29 is 4.79 Å². The molecule has 0 aromatic heterocycles. The minimum Gasteiger partial charge on any atom is -0.357 e. The van der Waals surface area contributed by atoms with Crippen LogP contribution in [0.15, 0.2) is 29.3 Å². The summed E-state index contributed by atoms with van der Waals surface area (Å²) in [5.74, 6) is 1.41. The van der Waals surface area contributed by atoms with Crippen LogP contribution in [0, 0.1) is 5.92 Å². The monoisotopic (exact) mass is 518 g/mol. The number of carbonyl (C=O) groups is 1. The van der Waals surface area contributed by atoms with Crippen molar-refractivity contribution in [3.63, 3.8) is 0 Å². The standard InChI is InChI=1S/C21H31ClN4O.HI/c1-2-23-21(24-14-16-7-6-10-18(22)13-16)25-19-11-12-26(15-19)20(27)17-8-4-3-5-9-17;/h6-7,10,13,17,19H,2-5,8-9,11-12,14-15H2,1H3,(H2,23,24,25);1H. The van der Waals surface area contributed by atoms with Gasteiger partial charge < -0.3 is 15.5 Å². The highest BCUT2D eigenvalue weighted by Crippen LogP contribution is 2.26. The molecular formula is C21H32ClIN4O. The molecule has 1 aliphatic carbocycles. The highest BCUT2D eigenvalue weighted by atomic mass is 127. The third-order valence-electron chi connectivity index (χ3n) is 5.45. The van der Waals surface area contributed by atoms with Gasteiger partial charge in [0, 0.05) is 36.6 Å². The van der Waals surface area contributed by atoms with Crippen molar-refractivity contribution in [2.75, 3.05) is 19.6 Å². The minimum absolute atomic E-state index is 0. The van der Waals surface area contributed by atoms with Gasteiger partial charge in [0.25, 0.3) is 0 Å². The molecule has 0 bridgehead atoms.